The average Bonchev–Trinajstić information content (AvgIpc) is 2.18. The molecule has 14 heavy (non-hydrogen) atoms. The minimum Gasteiger partial charge on any atom is -0.383 e. The number of anilines is 1. The standard InChI is InChI=1S/C13H19N/c1-4-5-6-12(3)14-13-9-7-11(2)8-10-13/h4,7-10,12,14H,1,5-6H2,2-3H3/t12-/m0/s1. The summed E-state index contributed by atoms with van der Waals surface area (Å²) in [6.07, 6.45) is 4.17. The van der Waals surface area contributed by atoms with Gasteiger partial charge in [-0.15, -0.1) is 6.58 Å². The van der Waals surface area contributed by atoms with Crippen LogP contribution in [0.1, 0.15) is 25.3 Å². The maximum atomic E-state index is 3.72. The smallest absolute Gasteiger partial charge is 0.0342 e. The molecule has 1 heteroatoms. The van der Waals surface area contributed by atoms with Crippen molar-refractivity contribution in [1.82, 2.24) is 0 Å². The first-order valence-electron chi connectivity index (χ1n) is 5.16. The molecular formula is C13H19N. The molecule has 0 heterocycles. The minimum absolute atomic E-state index is 0.510. The lowest BCUT2D eigenvalue weighted by atomic mass is 10.1. The van der Waals surface area contributed by atoms with E-state index in [4.69, 9.17) is 0 Å². The largest absolute Gasteiger partial charge is 0.383 e. The molecule has 76 valence electrons. The molecule has 1 rings (SSSR count). The zero-order valence-corrected chi connectivity index (χ0v) is 9.09. The fourth-order valence-corrected chi connectivity index (χ4v) is 1.37. The van der Waals surface area contributed by atoms with Gasteiger partial charge in [0.05, 0.1) is 0 Å². The number of aryl methyl sites for hydroxylation is 1. The molecule has 0 unspecified atom stereocenters. The summed E-state index contributed by atoms with van der Waals surface area (Å²) in [6.45, 7) is 8.02. The number of allylic oxidation sites excluding steroid dienone is 1. The number of nitrogens with one attached hydrogen (secondary N) is 1. The topological polar surface area (TPSA) is 12.0 Å². The van der Waals surface area contributed by atoms with Crippen molar-refractivity contribution in [3.8, 4) is 0 Å². The molecule has 1 atom stereocenters. The summed E-state index contributed by atoms with van der Waals surface area (Å²) < 4.78 is 0. The van der Waals surface area contributed by atoms with Crippen LogP contribution >= 0.6 is 0 Å². The van der Waals surface area contributed by atoms with Crippen molar-refractivity contribution in [2.24, 2.45) is 0 Å². The van der Waals surface area contributed by atoms with Crippen LogP contribution in [0.5, 0.6) is 0 Å². The quantitative estimate of drug-likeness (QED) is 0.695. The lowest BCUT2D eigenvalue weighted by molar-refractivity contribution is 0.719. The highest BCUT2D eigenvalue weighted by molar-refractivity contribution is 5.44. The van der Waals surface area contributed by atoms with E-state index in [-0.39, 0.29) is 0 Å². The zero-order chi connectivity index (χ0) is 10.4. The molecular weight excluding hydrogens is 170 g/mol. The highest BCUT2D eigenvalue weighted by Crippen LogP contribution is 2.11. The second-order valence-corrected chi connectivity index (χ2v) is 3.78. The first kappa shape index (κ1) is 10.8. The van der Waals surface area contributed by atoms with Crippen molar-refractivity contribution in [2.45, 2.75) is 32.7 Å². The van der Waals surface area contributed by atoms with Crippen LogP contribution in [-0.2, 0) is 0 Å². The predicted molar refractivity (Wildman–Crippen MR) is 63.7 cm³/mol. The van der Waals surface area contributed by atoms with Crippen molar-refractivity contribution in [3.05, 3.63) is 42.5 Å². The van der Waals surface area contributed by atoms with E-state index in [0.717, 1.165) is 12.8 Å². The van der Waals surface area contributed by atoms with Crippen LogP contribution in [0.2, 0.25) is 0 Å². The third kappa shape index (κ3) is 3.65. The van der Waals surface area contributed by atoms with E-state index in [2.05, 4.69) is 50.0 Å². The molecule has 1 N–H and O–H groups in total. The van der Waals surface area contributed by atoms with Crippen molar-refractivity contribution in [3.63, 3.8) is 0 Å². The summed E-state index contributed by atoms with van der Waals surface area (Å²) in [7, 11) is 0. The Morgan fingerprint density at radius 1 is 1.36 bits per heavy atom. The van der Waals surface area contributed by atoms with E-state index in [1.807, 2.05) is 6.08 Å². The highest BCUT2D eigenvalue weighted by atomic mass is 14.9. The molecule has 1 aromatic carbocycles. The lowest BCUT2D eigenvalue weighted by Gasteiger charge is -2.14. The van der Waals surface area contributed by atoms with Crippen molar-refractivity contribution < 1.29 is 0 Å². The second-order valence-electron chi connectivity index (χ2n) is 3.78. The molecule has 0 saturated carbocycles. The average molecular weight is 189 g/mol. The van der Waals surface area contributed by atoms with Gasteiger partial charge < -0.3 is 5.32 Å². The number of benzene rings is 1. The molecule has 0 aromatic heterocycles. The predicted octanol–water partition coefficient (Wildman–Crippen LogP) is 3.76. The highest BCUT2D eigenvalue weighted by Gasteiger charge is 1.99. The maximum absolute atomic E-state index is 3.72. The Morgan fingerprint density at radius 2 is 2.00 bits per heavy atom. The molecule has 0 aliphatic heterocycles. The van der Waals surface area contributed by atoms with Gasteiger partial charge in [0, 0.05) is 11.7 Å². The Balaban J connectivity index is 2.43. The van der Waals surface area contributed by atoms with Gasteiger partial charge in [0.15, 0.2) is 0 Å². The van der Waals surface area contributed by atoms with Crippen LogP contribution < -0.4 is 5.32 Å². The number of hydrogen-bond acceptors (Lipinski definition) is 1. The summed E-state index contributed by atoms with van der Waals surface area (Å²) in [5, 5.41) is 3.46. The fraction of sp³-hybridized carbons (Fsp3) is 0.385. The van der Waals surface area contributed by atoms with Crippen LogP contribution in [0.3, 0.4) is 0 Å². The first-order valence-corrected chi connectivity index (χ1v) is 5.16. The molecule has 1 nitrogen and oxygen atoms in total. The van der Waals surface area contributed by atoms with Crippen molar-refractivity contribution in [2.75, 3.05) is 5.32 Å². The minimum atomic E-state index is 0.510. The Kier molecular flexibility index (Phi) is 4.24. The van der Waals surface area contributed by atoms with E-state index >= 15 is 0 Å². The summed E-state index contributed by atoms with van der Waals surface area (Å²) in [6, 6.07) is 9.01. The third-order valence-corrected chi connectivity index (χ3v) is 2.27. The third-order valence-electron chi connectivity index (χ3n) is 2.27. The van der Waals surface area contributed by atoms with E-state index in [1.54, 1.807) is 0 Å². The van der Waals surface area contributed by atoms with Gasteiger partial charge in [-0.25, -0.2) is 0 Å². The lowest BCUT2D eigenvalue weighted by Crippen LogP contribution is -2.14. The van der Waals surface area contributed by atoms with Gasteiger partial charge in [0.1, 0.15) is 0 Å². The van der Waals surface area contributed by atoms with Gasteiger partial charge in [0.25, 0.3) is 0 Å². The molecule has 0 bridgehead atoms. The maximum Gasteiger partial charge on any atom is 0.0342 e. The molecule has 0 amide bonds. The Hall–Kier alpha value is -1.24. The van der Waals surface area contributed by atoms with E-state index < -0.39 is 0 Å². The van der Waals surface area contributed by atoms with Crippen LogP contribution in [0, 0.1) is 6.92 Å². The van der Waals surface area contributed by atoms with Gasteiger partial charge >= 0.3 is 0 Å². The molecule has 0 radical (unpaired) electrons. The summed E-state index contributed by atoms with van der Waals surface area (Å²) >= 11 is 0. The van der Waals surface area contributed by atoms with Gasteiger partial charge in [-0.05, 0) is 38.8 Å². The monoisotopic (exact) mass is 189 g/mol. The summed E-state index contributed by atoms with van der Waals surface area (Å²) in [5.74, 6) is 0. The second kappa shape index (κ2) is 5.48. The van der Waals surface area contributed by atoms with Gasteiger partial charge in [-0.3, -0.25) is 0 Å². The molecule has 0 aliphatic carbocycles. The van der Waals surface area contributed by atoms with Crippen molar-refractivity contribution in [1.29, 1.82) is 0 Å². The van der Waals surface area contributed by atoms with Crippen LogP contribution in [0.15, 0.2) is 36.9 Å². The Labute approximate surface area is 86.8 Å². The van der Waals surface area contributed by atoms with E-state index in [1.165, 1.54) is 11.3 Å². The Bertz CT molecular complexity index is 274. The number of hydrogen-bond donors (Lipinski definition) is 1. The first-order chi connectivity index (χ1) is 6.72. The van der Waals surface area contributed by atoms with Crippen LogP contribution in [0.4, 0.5) is 5.69 Å². The van der Waals surface area contributed by atoms with E-state index in [0.29, 0.717) is 6.04 Å². The number of rotatable bonds is 5. The SMILES string of the molecule is C=CCC[C@H](C)Nc1ccc(C)cc1. The molecule has 0 spiro atoms. The molecule has 1 aromatic rings. The molecule has 0 saturated heterocycles. The normalized spacial score (nSPS) is 12.1. The molecule has 0 aliphatic rings. The Morgan fingerprint density at radius 3 is 2.57 bits per heavy atom. The van der Waals surface area contributed by atoms with Crippen LogP contribution in [-0.4, -0.2) is 6.04 Å². The van der Waals surface area contributed by atoms with Gasteiger partial charge in [0.2, 0.25) is 0 Å². The van der Waals surface area contributed by atoms with Crippen molar-refractivity contribution >= 4 is 5.69 Å². The van der Waals surface area contributed by atoms with E-state index in [9.17, 15) is 0 Å². The fourth-order valence-electron chi connectivity index (χ4n) is 1.37. The van der Waals surface area contributed by atoms with Crippen LogP contribution in [0.25, 0.3) is 0 Å². The summed E-state index contributed by atoms with van der Waals surface area (Å²) in [5.41, 5.74) is 2.50. The molecule has 0 fully saturated rings. The van der Waals surface area contributed by atoms with Gasteiger partial charge in [-0.1, -0.05) is 23.8 Å². The summed E-state index contributed by atoms with van der Waals surface area (Å²) in [4.78, 5) is 0. The van der Waals surface area contributed by atoms with Gasteiger partial charge in [-0.2, -0.15) is 0 Å². The zero-order valence-electron chi connectivity index (χ0n) is 9.09.